The first-order valence-electron chi connectivity index (χ1n) is 14.4. The number of carboxylic acids is 1. The lowest BCUT2D eigenvalue weighted by atomic mass is 9.86. The van der Waals surface area contributed by atoms with E-state index in [2.05, 4.69) is 13.0 Å². The number of carbonyl (C=O) groups is 1. The molecule has 0 amide bonds. The summed E-state index contributed by atoms with van der Waals surface area (Å²) < 4.78 is 58.5. The predicted octanol–water partition coefficient (Wildman–Crippen LogP) is 10.0. The van der Waals surface area contributed by atoms with Gasteiger partial charge in [-0.2, -0.15) is 13.2 Å². The van der Waals surface area contributed by atoms with Crippen molar-refractivity contribution < 1.29 is 32.2 Å². The van der Waals surface area contributed by atoms with E-state index < -0.39 is 17.7 Å². The molecular formula is C35H36F4O3. The van der Waals surface area contributed by atoms with Crippen LogP contribution in [0.1, 0.15) is 95.6 Å². The third-order valence-electron chi connectivity index (χ3n) is 7.81. The zero-order chi connectivity index (χ0) is 30.3. The van der Waals surface area contributed by atoms with Gasteiger partial charge in [-0.3, -0.25) is 4.39 Å². The molecular weight excluding hydrogens is 544 g/mol. The van der Waals surface area contributed by atoms with Crippen molar-refractivity contribution in [2.45, 2.75) is 64.5 Å². The predicted molar refractivity (Wildman–Crippen MR) is 159 cm³/mol. The Hall–Kier alpha value is -3.87. The van der Waals surface area contributed by atoms with E-state index in [0.29, 0.717) is 31.2 Å². The Morgan fingerprint density at radius 1 is 0.952 bits per heavy atom. The van der Waals surface area contributed by atoms with E-state index in [1.165, 1.54) is 18.7 Å². The standard InChI is InChI=1S/C35H36F4O3/c1-3-23(8-5-4-6-19-36)20-24-11-13-25(14-12-24)33-29-17-15-27(34(40)41)21-26(29)9-7-10-31(33)30-18-16-28(35(37,38)39)22-32(30)42-2/h11-18,20-22H,3-10,19H2,1-2H3,(H,40,41)/b23-20-. The number of benzene rings is 3. The van der Waals surface area contributed by atoms with Crippen molar-refractivity contribution in [1.29, 1.82) is 0 Å². The Bertz CT molecular complexity index is 1470. The summed E-state index contributed by atoms with van der Waals surface area (Å²) in [5.74, 6) is -0.868. The summed E-state index contributed by atoms with van der Waals surface area (Å²) in [6.45, 7) is 1.82. The molecule has 3 aromatic rings. The van der Waals surface area contributed by atoms with Crippen LogP contribution in [0.3, 0.4) is 0 Å². The lowest BCUT2D eigenvalue weighted by molar-refractivity contribution is -0.137. The number of rotatable bonds is 11. The molecule has 7 heteroatoms. The van der Waals surface area contributed by atoms with Gasteiger partial charge in [-0.05, 0) is 103 Å². The van der Waals surface area contributed by atoms with Gasteiger partial charge in [0.15, 0.2) is 0 Å². The van der Waals surface area contributed by atoms with Crippen LogP contribution in [-0.2, 0) is 12.6 Å². The van der Waals surface area contributed by atoms with Gasteiger partial charge < -0.3 is 9.84 Å². The van der Waals surface area contributed by atoms with Crippen molar-refractivity contribution in [3.05, 3.63) is 105 Å². The van der Waals surface area contributed by atoms with E-state index in [0.717, 1.165) is 71.2 Å². The van der Waals surface area contributed by atoms with E-state index in [9.17, 15) is 27.5 Å². The van der Waals surface area contributed by atoms with Crippen LogP contribution < -0.4 is 4.74 Å². The topological polar surface area (TPSA) is 46.5 Å². The molecule has 0 fully saturated rings. The second-order valence-electron chi connectivity index (χ2n) is 10.6. The highest BCUT2D eigenvalue weighted by molar-refractivity contribution is 6.01. The molecule has 0 unspecified atom stereocenters. The van der Waals surface area contributed by atoms with Crippen molar-refractivity contribution in [2.24, 2.45) is 0 Å². The highest BCUT2D eigenvalue weighted by Crippen LogP contribution is 2.44. The number of fused-ring (bicyclic) bond motifs is 1. The molecule has 0 aromatic heterocycles. The largest absolute Gasteiger partial charge is 0.496 e. The summed E-state index contributed by atoms with van der Waals surface area (Å²) in [6, 6.07) is 16.7. The maximum absolute atomic E-state index is 13.5. The molecule has 0 heterocycles. The molecule has 222 valence electrons. The number of alkyl halides is 4. The normalized spacial score (nSPS) is 14.0. The minimum absolute atomic E-state index is 0.142. The van der Waals surface area contributed by atoms with E-state index in [4.69, 9.17) is 4.74 Å². The fourth-order valence-corrected chi connectivity index (χ4v) is 5.59. The van der Waals surface area contributed by atoms with Gasteiger partial charge >= 0.3 is 12.1 Å². The highest BCUT2D eigenvalue weighted by atomic mass is 19.4. The Morgan fingerprint density at radius 3 is 2.33 bits per heavy atom. The molecule has 42 heavy (non-hydrogen) atoms. The molecule has 0 spiro atoms. The van der Waals surface area contributed by atoms with Gasteiger partial charge in [-0.15, -0.1) is 0 Å². The van der Waals surface area contributed by atoms with Gasteiger partial charge in [0.05, 0.1) is 24.9 Å². The number of allylic oxidation sites excluding steroid dienone is 2. The van der Waals surface area contributed by atoms with Gasteiger partial charge in [0.25, 0.3) is 0 Å². The molecule has 1 aliphatic carbocycles. The summed E-state index contributed by atoms with van der Waals surface area (Å²) in [5.41, 5.74) is 6.67. The summed E-state index contributed by atoms with van der Waals surface area (Å²) in [6.07, 6.45) is 3.78. The number of methoxy groups -OCH3 is 1. The lowest BCUT2D eigenvalue weighted by Crippen LogP contribution is -2.06. The quantitative estimate of drug-likeness (QED) is 0.181. The van der Waals surface area contributed by atoms with E-state index in [1.807, 2.05) is 24.3 Å². The number of carboxylic acid groups (broad SMARTS) is 1. The van der Waals surface area contributed by atoms with Gasteiger partial charge in [0, 0.05) is 5.56 Å². The third kappa shape index (κ3) is 7.30. The van der Waals surface area contributed by atoms with E-state index in [-0.39, 0.29) is 18.0 Å². The fraction of sp³-hybridized carbons (Fsp3) is 0.343. The van der Waals surface area contributed by atoms with E-state index >= 15 is 0 Å². The van der Waals surface area contributed by atoms with Gasteiger partial charge in [0.2, 0.25) is 0 Å². The maximum atomic E-state index is 13.5. The molecule has 0 saturated heterocycles. The summed E-state index contributed by atoms with van der Waals surface area (Å²) >= 11 is 0. The SMILES string of the molecule is CC/C(=C/c1ccc(C2=C(c3ccc(C(F)(F)F)cc3OC)CCCc3cc(C(=O)O)ccc32)cc1)CCCCCF. The van der Waals surface area contributed by atoms with Crippen molar-refractivity contribution >= 4 is 23.2 Å². The van der Waals surface area contributed by atoms with Crippen molar-refractivity contribution in [1.82, 2.24) is 0 Å². The van der Waals surface area contributed by atoms with Crippen LogP contribution in [0.25, 0.3) is 17.2 Å². The van der Waals surface area contributed by atoms with Crippen LogP contribution in [0.4, 0.5) is 17.6 Å². The Labute approximate surface area is 244 Å². The van der Waals surface area contributed by atoms with Crippen LogP contribution in [0, 0.1) is 0 Å². The number of hydrogen-bond donors (Lipinski definition) is 1. The number of aryl methyl sites for hydroxylation is 1. The van der Waals surface area contributed by atoms with Crippen LogP contribution in [0.5, 0.6) is 5.75 Å². The minimum atomic E-state index is -4.50. The highest BCUT2D eigenvalue weighted by Gasteiger charge is 2.32. The average Bonchev–Trinajstić information content (AvgIpc) is 3.17. The number of halogens is 4. The first-order valence-corrected chi connectivity index (χ1v) is 14.4. The second kappa shape index (κ2) is 13.9. The van der Waals surface area contributed by atoms with Crippen LogP contribution in [0.2, 0.25) is 0 Å². The number of ether oxygens (including phenoxy) is 1. The number of unbranched alkanes of at least 4 members (excludes halogenated alkanes) is 2. The summed E-state index contributed by atoms with van der Waals surface area (Å²) in [5, 5.41) is 9.59. The molecule has 1 N–H and O–H groups in total. The lowest BCUT2D eigenvalue weighted by Gasteiger charge is -2.20. The monoisotopic (exact) mass is 580 g/mol. The first-order chi connectivity index (χ1) is 20.2. The molecule has 1 aliphatic rings. The number of aromatic carboxylic acids is 1. The Morgan fingerprint density at radius 2 is 1.69 bits per heavy atom. The Kier molecular flexibility index (Phi) is 10.3. The van der Waals surface area contributed by atoms with Crippen molar-refractivity contribution in [3.63, 3.8) is 0 Å². The Balaban J connectivity index is 1.84. The molecule has 3 nitrogen and oxygen atoms in total. The smallest absolute Gasteiger partial charge is 0.416 e. The third-order valence-corrected chi connectivity index (χ3v) is 7.81. The molecule has 0 aliphatic heterocycles. The molecule has 0 radical (unpaired) electrons. The summed E-state index contributed by atoms with van der Waals surface area (Å²) in [4.78, 5) is 11.7. The second-order valence-corrected chi connectivity index (χ2v) is 10.6. The van der Waals surface area contributed by atoms with Crippen LogP contribution >= 0.6 is 0 Å². The molecule has 0 saturated carbocycles. The minimum Gasteiger partial charge on any atom is -0.496 e. The average molecular weight is 581 g/mol. The van der Waals surface area contributed by atoms with Crippen molar-refractivity contribution in [2.75, 3.05) is 13.8 Å². The maximum Gasteiger partial charge on any atom is 0.416 e. The zero-order valence-corrected chi connectivity index (χ0v) is 24.0. The zero-order valence-electron chi connectivity index (χ0n) is 24.0. The van der Waals surface area contributed by atoms with E-state index in [1.54, 1.807) is 18.2 Å². The van der Waals surface area contributed by atoms with Gasteiger partial charge in [0.1, 0.15) is 5.75 Å². The molecule has 0 bridgehead atoms. The molecule has 3 aromatic carbocycles. The molecule has 0 atom stereocenters. The molecule has 4 rings (SSSR count). The van der Waals surface area contributed by atoms with Gasteiger partial charge in [-0.1, -0.05) is 61.4 Å². The number of hydrogen-bond acceptors (Lipinski definition) is 2. The first kappa shape index (κ1) is 31.1. The summed E-state index contributed by atoms with van der Waals surface area (Å²) in [7, 11) is 1.37. The fourth-order valence-electron chi connectivity index (χ4n) is 5.59. The van der Waals surface area contributed by atoms with Crippen LogP contribution in [-0.4, -0.2) is 24.9 Å². The van der Waals surface area contributed by atoms with Crippen molar-refractivity contribution in [3.8, 4) is 5.75 Å². The van der Waals surface area contributed by atoms with Gasteiger partial charge in [-0.25, -0.2) is 4.79 Å². The van der Waals surface area contributed by atoms with Crippen LogP contribution in [0.15, 0.2) is 66.2 Å².